The van der Waals surface area contributed by atoms with Gasteiger partial charge in [-0.15, -0.1) is 0 Å². The minimum Gasteiger partial charge on any atom is -0.360 e. The van der Waals surface area contributed by atoms with Gasteiger partial charge in [-0.25, -0.2) is 4.98 Å². The lowest BCUT2D eigenvalue weighted by molar-refractivity contribution is 0.381. The molecule has 25 heavy (non-hydrogen) atoms. The van der Waals surface area contributed by atoms with Crippen molar-refractivity contribution in [3.63, 3.8) is 0 Å². The first-order valence-electron chi connectivity index (χ1n) is 8.44. The largest absolute Gasteiger partial charge is 0.360 e. The summed E-state index contributed by atoms with van der Waals surface area (Å²) in [6.07, 6.45) is 3.91. The van der Waals surface area contributed by atoms with Gasteiger partial charge in [0.15, 0.2) is 0 Å². The van der Waals surface area contributed by atoms with Gasteiger partial charge in [-0.2, -0.15) is 0 Å². The number of H-pyrrole nitrogens is 1. The third-order valence-corrected chi connectivity index (χ3v) is 3.89. The number of nitrogens with zero attached hydrogens (tertiary/aromatic N) is 3. The molecule has 0 aromatic carbocycles. The molecule has 0 aliphatic rings. The maximum Gasteiger partial charge on any atom is 0.252 e. The smallest absolute Gasteiger partial charge is 0.252 e. The van der Waals surface area contributed by atoms with Crippen molar-refractivity contribution < 1.29 is 4.52 Å². The summed E-state index contributed by atoms with van der Waals surface area (Å²) < 4.78 is 5.38. The second-order valence-corrected chi connectivity index (χ2v) is 5.61. The van der Waals surface area contributed by atoms with E-state index in [1.54, 1.807) is 6.20 Å². The van der Waals surface area contributed by atoms with E-state index in [0.29, 0.717) is 24.6 Å². The molecule has 0 bridgehead atoms. The van der Waals surface area contributed by atoms with Gasteiger partial charge in [0.05, 0.1) is 17.0 Å². The molecule has 0 saturated carbocycles. The highest BCUT2D eigenvalue weighted by Gasteiger charge is 2.17. The van der Waals surface area contributed by atoms with E-state index in [2.05, 4.69) is 25.4 Å². The first kappa shape index (κ1) is 16.9. The Morgan fingerprint density at radius 3 is 2.84 bits per heavy atom. The average Bonchev–Trinajstić information content (AvgIpc) is 3.05. The van der Waals surface area contributed by atoms with E-state index < -0.39 is 0 Å². The molecule has 0 aliphatic heterocycles. The normalized spacial score (nSPS) is 10.8. The summed E-state index contributed by atoms with van der Waals surface area (Å²) in [7, 11) is 0. The average molecular weight is 339 g/mol. The molecule has 3 rings (SSSR count). The summed E-state index contributed by atoms with van der Waals surface area (Å²) in [6.45, 7) is 4.61. The Morgan fingerprint density at radius 2 is 2.12 bits per heavy atom. The van der Waals surface area contributed by atoms with Crippen LogP contribution in [0.3, 0.4) is 0 Å². The van der Waals surface area contributed by atoms with E-state index in [-0.39, 0.29) is 5.56 Å². The molecule has 2 N–H and O–H groups in total. The second kappa shape index (κ2) is 7.74. The van der Waals surface area contributed by atoms with Crippen LogP contribution in [-0.2, 0) is 19.3 Å². The van der Waals surface area contributed by atoms with Crippen molar-refractivity contribution >= 4 is 5.95 Å². The Labute approximate surface area is 145 Å². The van der Waals surface area contributed by atoms with Gasteiger partial charge in [0, 0.05) is 37.3 Å². The number of nitrogens with one attached hydrogen (secondary N) is 2. The summed E-state index contributed by atoms with van der Waals surface area (Å²) >= 11 is 0. The first-order valence-corrected chi connectivity index (χ1v) is 8.44. The molecule has 0 fully saturated rings. The molecule has 3 heterocycles. The van der Waals surface area contributed by atoms with Crippen LogP contribution in [0.2, 0.25) is 0 Å². The number of aromatic nitrogens is 4. The maximum atomic E-state index is 12.0. The quantitative estimate of drug-likeness (QED) is 0.687. The van der Waals surface area contributed by atoms with Crippen LogP contribution < -0.4 is 10.9 Å². The molecule has 0 amide bonds. The van der Waals surface area contributed by atoms with Crippen molar-refractivity contribution in [3.05, 3.63) is 58.0 Å². The van der Waals surface area contributed by atoms with E-state index in [1.807, 2.05) is 32.0 Å². The lowest BCUT2D eigenvalue weighted by atomic mass is 10.1. The lowest BCUT2D eigenvalue weighted by Gasteiger charge is -2.07. The minimum atomic E-state index is -0.212. The Hall–Kier alpha value is -2.96. The topological polar surface area (TPSA) is 96.7 Å². The number of aryl methyl sites for hydroxylation is 2. The number of hydrogen-bond donors (Lipinski definition) is 2. The number of aromatic amines is 1. The molecule has 7 heteroatoms. The van der Waals surface area contributed by atoms with Gasteiger partial charge in [0.1, 0.15) is 5.76 Å². The fraction of sp³-hybridized carbons (Fsp3) is 0.333. The van der Waals surface area contributed by atoms with Crippen LogP contribution in [0.5, 0.6) is 0 Å². The molecule has 3 aromatic rings. The zero-order chi connectivity index (χ0) is 17.6. The molecule has 0 spiro atoms. The molecule has 0 unspecified atom stereocenters. The highest BCUT2D eigenvalue weighted by Crippen LogP contribution is 2.26. The molecule has 3 aromatic heterocycles. The summed E-state index contributed by atoms with van der Waals surface area (Å²) in [4.78, 5) is 23.6. The summed E-state index contributed by atoms with van der Waals surface area (Å²) in [5.41, 5.74) is 2.99. The number of hydrogen-bond acceptors (Lipinski definition) is 6. The van der Waals surface area contributed by atoms with Crippen LogP contribution >= 0.6 is 0 Å². The van der Waals surface area contributed by atoms with Gasteiger partial charge >= 0.3 is 0 Å². The highest BCUT2D eigenvalue weighted by atomic mass is 16.5. The van der Waals surface area contributed by atoms with E-state index in [0.717, 1.165) is 35.6 Å². The van der Waals surface area contributed by atoms with Gasteiger partial charge in [-0.05, 0) is 18.6 Å². The van der Waals surface area contributed by atoms with E-state index >= 15 is 0 Å². The predicted molar refractivity (Wildman–Crippen MR) is 95.5 cm³/mol. The summed E-state index contributed by atoms with van der Waals surface area (Å²) in [6, 6.07) is 7.28. The summed E-state index contributed by atoms with van der Waals surface area (Å²) in [5.74, 6) is 1.18. The highest BCUT2D eigenvalue weighted by molar-refractivity contribution is 5.65. The van der Waals surface area contributed by atoms with E-state index in [1.165, 1.54) is 6.07 Å². The molecule has 0 radical (unpaired) electrons. The van der Waals surface area contributed by atoms with Crippen molar-refractivity contribution in [1.29, 1.82) is 0 Å². The monoisotopic (exact) mass is 339 g/mol. The zero-order valence-corrected chi connectivity index (χ0v) is 14.4. The number of pyridine rings is 1. The van der Waals surface area contributed by atoms with Crippen LogP contribution in [-0.4, -0.2) is 26.7 Å². The standard InChI is InChI=1S/C18H21N5O2/c1-3-13-17(15(4-2)25-23-13)14-11-16(24)22-18(21-14)20-10-8-12-7-5-6-9-19-12/h5-7,9,11H,3-4,8,10H2,1-2H3,(H2,20,21,22,24). The van der Waals surface area contributed by atoms with Gasteiger partial charge in [0.2, 0.25) is 5.95 Å². The van der Waals surface area contributed by atoms with Crippen molar-refractivity contribution in [2.75, 3.05) is 11.9 Å². The number of anilines is 1. The third-order valence-electron chi connectivity index (χ3n) is 3.89. The molecular formula is C18H21N5O2. The molecule has 7 nitrogen and oxygen atoms in total. The lowest BCUT2D eigenvalue weighted by Crippen LogP contribution is -2.15. The fourth-order valence-corrected chi connectivity index (χ4v) is 2.66. The van der Waals surface area contributed by atoms with E-state index in [9.17, 15) is 4.79 Å². The molecule has 0 atom stereocenters. The second-order valence-electron chi connectivity index (χ2n) is 5.61. The van der Waals surface area contributed by atoms with E-state index in [4.69, 9.17) is 4.52 Å². The van der Waals surface area contributed by atoms with Crippen LogP contribution in [0, 0.1) is 0 Å². The Morgan fingerprint density at radius 1 is 1.24 bits per heavy atom. The number of rotatable bonds is 7. The Bertz CT molecular complexity index is 864. The van der Waals surface area contributed by atoms with Crippen LogP contribution in [0.4, 0.5) is 5.95 Å². The molecule has 130 valence electrons. The van der Waals surface area contributed by atoms with Gasteiger partial charge < -0.3 is 9.84 Å². The molecule has 0 saturated heterocycles. The van der Waals surface area contributed by atoms with Crippen molar-refractivity contribution in [1.82, 2.24) is 20.1 Å². The Kier molecular flexibility index (Phi) is 5.23. The van der Waals surface area contributed by atoms with Crippen LogP contribution in [0.25, 0.3) is 11.3 Å². The molecule has 0 aliphatic carbocycles. The minimum absolute atomic E-state index is 0.212. The van der Waals surface area contributed by atoms with Crippen molar-refractivity contribution in [3.8, 4) is 11.3 Å². The van der Waals surface area contributed by atoms with Gasteiger partial charge in [-0.1, -0.05) is 25.1 Å². The third kappa shape index (κ3) is 3.93. The molecular weight excluding hydrogens is 318 g/mol. The summed E-state index contributed by atoms with van der Waals surface area (Å²) in [5, 5.41) is 7.24. The predicted octanol–water partition coefficient (Wildman–Crippen LogP) is 2.60. The van der Waals surface area contributed by atoms with Gasteiger partial charge in [0.25, 0.3) is 5.56 Å². The maximum absolute atomic E-state index is 12.0. The van der Waals surface area contributed by atoms with Crippen molar-refractivity contribution in [2.24, 2.45) is 0 Å². The SMILES string of the molecule is CCc1noc(CC)c1-c1cc(=O)[nH]c(NCCc2ccccn2)n1. The fourth-order valence-electron chi connectivity index (χ4n) is 2.66. The van der Waals surface area contributed by atoms with Crippen molar-refractivity contribution in [2.45, 2.75) is 33.1 Å². The van der Waals surface area contributed by atoms with Crippen LogP contribution in [0.1, 0.15) is 31.0 Å². The van der Waals surface area contributed by atoms with Gasteiger partial charge in [-0.3, -0.25) is 14.8 Å². The first-order chi connectivity index (χ1) is 12.2. The zero-order valence-electron chi connectivity index (χ0n) is 14.4. The van der Waals surface area contributed by atoms with Crippen LogP contribution in [0.15, 0.2) is 39.8 Å². The Balaban J connectivity index is 1.81.